The molecule has 5 heteroatoms. The lowest BCUT2D eigenvalue weighted by Crippen LogP contribution is -2.28. The Morgan fingerprint density at radius 2 is 1.88 bits per heavy atom. The van der Waals surface area contributed by atoms with Gasteiger partial charge in [-0.1, -0.05) is 30.3 Å². The summed E-state index contributed by atoms with van der Waals surface area (Å²) in [5.74, 6) is 0. The number of carbonyl (C=O) groups excluding carboxylic acids is 1. The van der Waals surface area contributed by atoms with Gasteiger partial charge in [-0.05, 0) is 38.5 Å². The topological polar surface area (TPSA) is 53.4 Å². The lowest BCUT2D eigenvalue weighted by atomic mass is 10.2. The van der Waals surface area contributed by atoms with Crippen LogP contribution in [0.1, 0.15) is 32.0 Å². The van der Waals surface area contributed by atoms with E-state index in [1.54, 1.807) is 23.0 Å². The van der Waals surface area contributed by atoms with E-state index < -0.39 is 11.7 Å². The van der Waals surface area contributed by atoms with Crippen molar-refractivity contribution in [3.8, 4) is 0 Å². The molecule has 2 heterocycles. The van der Waals surface area contributed by atoms with E-state index in [2.05, 4.69) is 4.98 Å². The molecule has 0 amide bonds. The fourth-order valence-corrected chi connectivity index (χ4v) is 2.59. The molecule has 0 fully saturated rings. The van der Waals surface area contributed by atoms with E-state index in [1.807, 2.05) is 57.2 Å². The number of aromatic nitrogens is 2. The Bertz CT molecular complexity index is 864. The summed E-state index contributed by atoms with van der Waals surface area (Å²) >= 11 is 0. The normalized spacial score (nSPS) is 11.6. The third-order valence-corrected chi connectivity index (χ3v) is 3.62. The second-order valence-corrected chi connectivity index (χ2v) is 6.86. The Morgan fingerprint density at radius 1 is 1.12 bits per heavy atom. The van der Waals surface area contributed by atoms with E-state index in [1.165, 1.54) is 0 Å². The van der Waals surface area contributed by atoms with Crippen LogP contribution in [0, 0.1) is 0 Å². The van der Waals surface area contributed by atoms with E-state index in [0.717, 1.165) is 22.2 Å². The van der Waals surface area contributed by atoms with Gasteiger partial charge in [0.15, 0.2) is 0 Å². The molecule has 0 aliphatic carbocycles. The van der Waals surface area contributed by atoms with Crippen LogP contribution in [-0.2, 0) is 22.7 Å². The molecule has 0 aliphatic heterocycles. The Kier molecular flexibility index (Phi) is 4.86. The number of hydrogen-bond acceptors (Lipinski definition) is 4. The summed E-state index contributed by atoms with van der Waals surface area (Å²) < 4.78 is 12.9. The molecule has 0 unspecified atom stereocenters. The minimum atomic E-state index is -0.567. The van der Waals surface area contributed by atoms with Crippen LogP contribution in [-0.4, -0.2) is 21.2 Å². The Morgan fingerprint density at radius 3 is 2.60 bits per heavy atom. The molecule has 0 bridgehead atoms. The SMILES string of the molecule is CC(C)(C)OC(=O)n1c(COCc2ccccc2)cc2cnccc21. The summed E-state index contributed by atoms with van der Waals surface area (Å²) in [6, 6.07) is 13.7. The van der Waals surface area contributed by atoms with Crippen LogP contribution < -0.4 is 0 Å². The van der Waals surface area contributed by atoms with Crippen molar-refractivity contribution in [3.63, 3.8) is 0 Å². The van der Waals surface area contributed by atoms with Gasteiger partial charge < -0.3 is 9.47 Å². The maximum atomic E-state index is 12.7. The number of hydrogen-bond donors (Lipinski definition) is 0. The van der Waals surface area contributed by atoms with Gasteiger partial charge in [0.05, 0.1) is 24.4 Å². The van der Waals surface area contributed by atoms with Gasteiger partial charge in [0, 0.05) is 17.8 Å². The largest absolute Gasteiger partial charge is 0.443 e. The van der Waals surface area contributed by atoms with E-state index in [4.69, 9.17) is 9.47 Å². The molecular weight excluding hydrogens is 316 g/mol. The Labute approximate surface area is 147 Å². The maximum absolute atomic E-state index is 12.7. The summed E-state index contributed by atoms with van der Waals surface area (Å²) in [5.41, 5.74) is 2.03. The van der Waals surface area contributed by atoms with Crippen molar-refractivity contribution in [2.24, 2.45) is 0 Å². The van der Waals surface area contributed by atoms with Gasteiger partial charge in [-0.15, -0.1) is 0 Å². The fraction of sp³-hybridized carbons (Fsp3) is 0.300. The van der Waals surface area contributed by atoms with Gasteiger partial charge in [-0.25, -0.2) is 9.36 Å². The molecule has 0 spiro atoms. The average molecular weight is 338 g/mol. The number of pyridine rings is 1. The first-order valence-electron chi connectivity index (χ1n) is 8.23. The van der Waals surface area contributed by atoms with Crippen molar-refractivity contribution in [1.82, 2.24) is 9.55 Å². The lowest BCUT2D eigenvalue weighted by Gasteiger charge is -2.21. The monoisotopic (exact) mass is 338 g/mol. The zero-order valence-corrected chi connectivity index (χ0v) is 14.7. The summed E-state index contributed by atoms with van der Waals surface area (Å²) in [6.07, 6.45) is 2.99. The van der Waals surface area contributed by atoms with Crippen LogP contribution in [0.3, 0.4) is 0 Å². The van der Waals surface area contributed by atoms with Crippen molar-refractivity contribution < 1.29 is 14.3 Å². The molecule has 2 aromatic heterocycles. The number of nitrogens with zero attached hydrogens (tertiary/aromatic N) is 2. The first-order chi connectivity index (χ1) is 11.9. The minimum Gasteiger partial charge on any atom is -0.443 e. The number of ether oxygens (including phenoxy) is 2. The molecule has 3 rings (SSSR count). The predicted octanol–water partition coefficient (Wildman–Crippen LogP) is 4.54. The Balaban J connectivity index is 1.83. The molecule has 0 saturated carbocycles. The van der Waals surface area contributed by atoms with Crippen LogP contribution in [0.2, 0.25) is 0 Å². The third kappa shape index (κ3) is 4.25. The van der Waals surface area contributed by atoms with E-state index in [9.17, 15) is 4.79 Å². The van der Waals surface area contributed by atoms with E-state index in [0.29, 0.717) is 13.2 Å². The van der Waals surface area contributed by atoms with Gasteiger partial charge in [-0.3, -0.25) is 4.98 Å². The van der Waals surface area contributed by atoms with E-state index in [-0.39, 0.29) is 0 Å². The van der Waals surface area contributed by atoms with Crippen molar-refractivity contribution in [1.29, 1.82) is 0 Å². The molecule has 0 saturated heterocycles. The van der Waals surface area contributed by atoms with Crippen LogP contribution in [0.4, 0.5) is 4.79 Å². The highest BCUT2D eigenvalue weighted by molar-refractivity contribution is 5.90. The highest BCUT2D eigenvalue weighted by Crippen LogP contribution is 2.22. The second kappa shape index (κ2) is 7.07. The summed E-state index contributed by atoms with van der Waals surface area (Å²) in [4.78, 5) is 16.8. The lowest BCUT2D eigenvalue weighted by molar-refractivity contribution is 0.0513. The van der Waals surface area contributed by atoms with Gasteiger partial charge in [-0.2, -0.15) is 0 Å². The smallest absolute Gasteiger partial charge is 0.419 e. The van der Waals surface area contributed by atoms with Crippen molar-refractivity contribution in [2.75, 3.05) is 0 Å². The highest BCUT2D eigenvalue weighted by Gasteiger charge is 2.22. The average Bonchev–Trinajstić information content (AvgIpc) is 2.92. The van der Waals surface area contributed by atoms with Gasteiger partial charge >= 0.3 is 6.09 Å². The number of rotatable bonds is 4. The zero-order chi connectivity index (χ0) is 17.9. The zero-order valence-electron chi connectivity index (χ0n) is 14.7. The first kappa shape index (κ1) is 17.2. The molecule has 0 N–H and O–H groups in total. The minimum absolute atomic E-state index is 0.308. The molecule has 3 aromatic rings. The number of fused-ring (bicyclic) bond motifs is 1. The van der Waals surface area contributed by atoms with E-state index >= 15 is 0 Å². The first-order valence-corrected chi connectivity index (χ1v) is 8.23. The standard InChI is InChI=1S/C20H22N2O3/c1-20(2,3)25-19(23)22-17(11-16-12-21-10-9-18(16)22)14-24-13-15-7-5-4-6-8-15/h4-12H,13-14H2,1-3H3. The number of carbonyl (C=O) groups is 1. The van der Waals surface area contributed by atoms with Gasteiger partial charge in [0.25, 0.3) is 0 Å². The second-order valence-electron chi connectivity index (χ2n) is 6.86. The highest BCUT2D eigenvalue weighted by atomic mass is 16.6. The molecule has 0 atom stereocenters. The maximum Gasteiger partial charge on any atom is 0.419 e. The van der Waals surface area contributed by atoms with Gasteiger partial charge in [0.2, 0.25) is 0 Å². The molecule has 130 valence electrons. The molecule has 5 nitrogen and oxygen atoms in total. The van der Waals surface area contributed by atoms with Crippen LogP contribution in [0.15, 0.2) is 54.9 Å². The van der Waals surface area contributed by atoms with Crippen molar-refractivity contribution in [3.05, 3.63) is 66.1 Å². The quantitative estimate of drug-likeness (QED) is 0.701. The van der Waals surface area contributed by atoms with Crippen molar-refractivity contribution in [2.45, 2.75) is 39.6 Å². The Hall–Kier alpha value is -2.66. The van der Waals surface area contributed by atoms with Gasteiger partial charge in [0.1, 0.15) is 5.60 Å². The fourth-order valence-electron chi connectivity index (χ4n) is 2.59. The van der Waals surface area contributed by atoms with Crippen LogP contribution in [0.5, 0.6) is 0 Å². The summed E-state index contributed by atoms with van der Waals surface area (Å²) in [7, 11) is 0. The number of benzene rings is 1. The van der Waals surface area contributed by atoms with Crippen LogP contribution >= 0.6 is 0 Å². The van der Waals surface area contributed by atoms with Crippen molar-refractivity contribution >= 4 is 17.0 Å². The summed E-state index contributed by atoms with van der Waals surface area (Å²) in [6.45, 7) is 6.34. The predicted molar refractivity (Wildman–Crippen MR) is 96.3 cm³/mol. The molecule has 1 aromatic carbocycles. The third-order valence-electron chi connectivity index (χ3n) is 3.62. The summed E-state index contributed by atoms with van der Waals surface area (Å²) in [5, 5.41) is 0.881. The molecular formula is C20H22N2O3. The van der Waals surface area contributed by atoms with Crippen LogP contribution in [0.25, 0.3) is 10.9 Å². The molecule has 0 aliphatic rings. The molecule has 0 radical (unpaired) electrons. The molecule has 25 heavy (non-hydrogen) atoms.